The molecule has 2 heterocycles. The van der Waals surface area contributed by atoms with E-state index in [2.05, 4.69) is 18.8 Å². The van der Waals surface area contributed by atoms with Crippen LogP contribution >= 0.6 is 7.60 Å². The van der Waals surface area contributed by atoms with Crippen LogP contribution in [0.1, 0.15) is 47.0 Å². The van der Waals surface area contributed by atoms with Crippen molar-refractivity contribution in [2.45, 2.75) is 60.0 Å². The lowest BCUT2D eigenvalue weighted by molar-refractivity contribution is 0.219. The topological polar surface area (TPSA) is 97.4 Å². The number of fused-ring (bicyclic) bond motifs is 1. The van der Waals surface area contributed by atoms with Gasteiger partial charge in [0.25, 0.3) is 5.56 Å². The molecule has 0 aliphatic rings. The van der Waals surface area contributed by atoms with Crippen LogP contribution in [0.2, 0.25) is 0 Å². The maximum atomic E-state index is 13.0. The van der Waals surface area contributed by atoms with Gasteiger partial charge in [0, 0.05) is 20.1 Å². The molecule has 2 aromatic heterocycles. The first-order valence-corrected chi connectivity index (χ1v) is 12.0. The molecule has 0 amide bonds. The predicted octanol–water partition coefficient (Wildman–Crippen LogP) is 2.99. The van der Waals surface area contributed by atoms with Crippen LogP contribution < -0.4 is 11.2 Å². The van der Waals surface area contributed by atoms with Crippen molar-refractivity contribution in [3.8, 4) is 0 Å². The van der Waals surface area contributed by atoms with Crippen LogP contribution in [-0.4, -0.2) is 38.1 Å². The molecule has 0 bridgehead atoms. The van der Waals surface area contributed by atoms with Crippen LogP contribution in [-0.2, 0) is 33.7 Å². The van der Waals surface area contributed by atoms with Crippen LogP contribution in [0.15, 0.2) is 15.9 Å². The molecule has 0 saturated carbocycles. The molecule has 0 aliphatic heterocycles. The molecular formula is C19H33N4O5P. The molecule has 0 aliphatic carbocycles. The van der Waals surface area contributed by atoms with Crippen molar-refractivity contribution in [1.82, 2.24) is 18.7 Å². The van der Waals surface area contributed by atoms with Crippen molar-refractivity contribution in [1.29, 1.82) is 0 Å². The standard InChI is InChI=1S/C19H33N4O5P/c1-6-27-29(26,28-7-2)13-9-8-11-22-14-20-17-16(22)18(24)23(12-10-15(3)4)19(25)21(17)5/h14-15H,6-13H2,1-5H3. The largest absolute Gasteiger partial charge is 0.332 e. The maximum absolute atomic E-state index is 13.0. The van der Waals surface area contributed by atoms with Crippen LogP contribution in [0.25, 0.3) is 11.2 Å². The summed E-state index contributed by atoms with van der Waals surface area (Å²) in [5.41, 5.74) is 0.155. The first-order chi connectivity index (χ1) is 13.7. The van der Waals surface area contributed by atoms with E-state index in [0.29, 0.717) is 62.4 Å². The minimum Gasteiger partial charge on any atom is -0.325 e. The molecule has 0 atom stereocenters. The van der Waals surface area contributed by atoms with Gasteiger partial charge in [-0.25, -0.2) is 9.78 Å². The minimum atomic E-state index is -3.06. The quantitative estimate of drug-likeness (QED) is 0.381. The van der Waals surface area contributed by atoms with Gasteiger partial charge in [0.2, 0.25) is 0 Å². The summed E-state index contributed by atoms with van der Waals surface area (Å²) in [6, 6.07) is 0. The summed E-state index contributed by atoms with van der Waals surface area (Å²) in [7, 11) is -1.43. The van der Waals surface area contributed by atoms with E-state index in [1.54, 1.807) is 31.8 Å². The minimum absolute atomic E-state index is 0.310. The summed E-state index contributed by atoms with van der Waals surface area (Å²) < 4.78 is 27.6. The smallest absolute Gasteiger partial charge is 0.325 e. The van der Waals surface area contributed by atoms with E-state index >= 15 is 0 Å². The van der Waals surface area contributed by atoms with E-state index < -0.39 is 7.60 Å². The lowest BCUT2D eigenvalue weighted by atomic mass is 10.1. The van der Waals surface area contributed by atoms with Crippen LogP contribution in [0.3, 0.4) is 0 Å². The second-order valence-electron chi connectivity index (χ2n) is 7.47. The van der Waals surface area contributed by atoms with Gasteiger partial charge in [0.05, 0.1) is 25.7 Å². The Kier molecular flexibility index (Phi) is 8.43. The SMILES string of the molecule is CCOP(=O)(CCCCn1cnc2c1c(=O)n(CCC(C)C)c(=O)n2C)OCC. The lowest BCUT2D eigenvalue weighted by Gasteiger charge is -2.16. The fourth-order valence-corrected chi connectivity index (χ4v) is 4.95. The van der Waals surface area contributed by atoms with Crippen LogP contribution in [0, 0.1) is 5.92 Å². The third-order valence-electron chi connectivity index (χ3n) is 4.76. The Morgan fingerprint density at radius 3 is 2.34 bits per heavy atom. The summed E-state index contributed by atoms with van der Waals surface area (Å²) in [5.74, 6) is 0.388. The number of aryl methyl sites for hydroxylation is 2. The average molecular weight is 428 g/mol. The van der Waals surface area contributed by atoms with Gasteiger partial charge in [-0.05, 0) is 39.0 Å². The van der Waals surface area contributed by atoms with Crippen molar-refractivity contribution < 1.29 is 13.6 Å². The Morgan fingerprint density at radius 1 is 1.10 bits per heavy atom. The molecule has 0 radical (unpaired) electrons. The second-order valence-corrected chi connectivity index (χ2v) is 9.65. The molecule has 0 unspecified atom stereocenters. The molecule has 0 saturated heterocycles. The monoisotopic (exact) mass is 428 g/mol. The third kappa shape index (κ3) is 5.68. The Hall–Kier alpha value is -1.70. The molecular weight excluding hydrogens is 395 g/mol. The van der Waals surface area contributed by atoms with Gasteiger partial charge in [-0.15, -0.1) is 0 Å². The average Bonchev–Trinajstić information content (AvgIpc) is 3.08. The predicted molar refractivity (Wildman–Crippen MR) is 114 cm³/mol. The van der Waals surface area contributed by atoms with Crippen molar-refractivity contribution in [2.24, 2.45) is 13.0 Å². The number of nitrogens with zero attached hydrogens (tertiary/aromatic N) is 4. The maximum Gasteiger partial charge on any atom is 0.332 e. The number of unbranched alkanes of at least 4 members (excludes halogenated alkanes) is 1. The summed E-state index contributed by atoms with van der Waals surface area (Å²) in [6.07, 6.45) is 3.98. The number of hydrogen-bond donors (Lipinski definition) is 0. The molecule has 164 valence electrons. The number of rotatable bonds is 12. The molecule has 10 heteroatoms. The normalized spacial score (nSPS) is 12.3. The summed E-state index contributed by atoms with van der Waals surface area (Å²) in [6.45, 7) is 9.29. The Morgan fingerprint density at radius 2 is 1.76 bits per heavy atom. The first-order valence-electron chi connectivity index (χ1n) is 10.3. The van der Waals surface area contributed by atoms with Crippen LogP contribution in [0.5, 0.6) is 0 Å². The van der Waals surface area contributed by atoms with E-state index in [-0.39, 0.29) is 11.2 Å². The fraction of sp³-hybridized carbons (Fsp3) is 0.737. The molecule has 0 aromatic carbocycles. The van der Waals surface area contributed by atoms with Gasteiger partial charge in [-0.2, -0.15) is 0 Å². The van der Waals surface area contributed by atoms with E-state index in [4.69, 9.17) is 9.05 Å². The molecule has 0 N–H and O–H groups in total. The van der Waals surface area contributed by atoms with Crippen molar-refractivity contribution >= 4 is 18.8 Å². The summed E-state index contributed by atoms with van der Waals surface area (Å²) >= 11 is 0. The highest BCUT2D eigenvalue weighted by molar-refractivity contribution is 7.53. The molecule has 0 fully saturated rings. The molecule has 2 aromatic rings. The number of hydrogen-bond acceptors (Lipinski definition) is 6. The second kappa shape index (κ2) is 10.4. The molecule has 2 rings (SSSR count). The highest BCUT2D eigenvalue weighted by Gasteiger charge is 2.23. The van der Waals surface area contributed by atoms with Gasteiger partial charge in [0.1, 0.15) is 0 Å². The van der Waals surface area contributed by atoms with Gasteiger partial charge >= 0.3 is 13.3 Å². The van der Waals surface area contributed by atoms with Crippen molar-refractivity contribution in [3.05, 3.63) is 27.2 Å². The van der Waals surface area contributed by atoms with E-state index in [1.807, 2.05) is 0 Å². The van der Waals surface area contributed by atoms with Gasteiger partial charge in [-0.3, -0.25) is 18.5 Å². The Balaban J connectivity index is 2.19. The Bertz CT molecular complexity index is 965. The van der Waals surface area contributed by atoms with Gasteiger partial charge < -0.3 is 13.6 Å². The third-order valence-corrected chi connectivity index (χ3v) is 6.93. The van der Waals surface area contributed by atoms with E-state index in [9.17, 15) is 14.2 Å². The fourth-order valence-electron chi connectivity index (χ4n) is 3.22. The van der Waals surface area contributed by atoms with Crippen molar-refractivity contribution in [2.75, 3.05) is 19.4 Å². The molecule has 0 spiro atoms. The zero-order valence-corrected chi connectivity index (χ0v) is 19.0. The Labute approximate surface area is 171 Å². The molecule has 9 nitrogen and oxygen atoms in total. The van der Waals surface area contributed by atoms with Gasteiger partial charge in [0.15, 0.2) is 11.2 Å². The summed E-state index contributed by atoms with van der Waals surface area (Å²) in [5, 5.41) is 0. The first kappa shape index (κ1) is 23.6. The van der Waals surface area contributed by atoms with E-state index in [0.717, 1.165) is 6.42 Å². The zero-order chi connectivity index (χ0) is 21.6. The molecule has 29 heavy (non-hydrogen) atoms. The summed E-state index contributed by atoms with van der Waals surface area (Å²) in [4.78, 5) is 29.8. The zero-order valence-electron chi connectivity index (χ0n) is 18.1. The van der Waals surface area contributed by atoms with E-state index in [1.165, 1.54) is 9.13 Å². The number of aromatic nitrogens is 4. The highest BCUT2D eigenvalue weighted by atomic mass is 31.2. The van der Waals surface area contributed by atoms with Crippen molar-refractivity contribution in [3.63, 3.8) is 0 Å². The van der Waals surface area contributed by atoms with Gasteiger partial charge in [-0.1, -0.05) is 13.8 Å². The highest BCUT2D eigenvalue weighted by Crippen LogP contribution is 2.48. The van der Waals surface area contributed by atoms with Crippen LogP contribution in [0.4, 0.5) is 0 Å². The lowest BCUT2D eigenvalue weighted by Crippen LogP contribution is -2.40. The number of imidazole rings is 1.